The van der Waals surface area contributed by atoms with Crippen LogP contribution in [0.3, 0.4) is 0 Å². The molecule has 8 heteroatoms. The quantitative estimate of drug-likeness (QED) is 0.195. The minimum atomic E-state index is -1.20. The Kier molecular flexibility index (Phi) is 6.30. The molecular weight excluding hydrogens is 571 g/mol. The van der Waals surface area contributed by atoms with Crippen LogP contribution < -0.4 is 0 Å². The number of nitrogens with zero attached hydrogens (tertiary/aromatic N) is 2. The van der Waals surface area contributed by atoms with Gasteiger partial charge < -0.3 is 0 Å². The minimum absolute atomic E-state index is 0.0833. The maximum atomic E-state index is 14.5. The van der Waals surface area contributed by atoms with Crippen molar-refractivity contribution in [2.75, 3.05) is 0 Å². The first-order chi connectivity index (χ1) is 20.3. The van der Waals surface area contributed by atoms with Crippen LogP contribution >= 0.6 is 23.2 Å². The molecule has 3 atom stereocenters. The summed E-state index contributed by atoms with van der Waals surface area (Å²) in [4.78, 5) is 57.0. The first kappa shape index (κ1) is 26.6. The topological polar surface area (TPSA) is 74.8 Å². The number of hydrazine groups is 1. The van der Waals surface area contributed by atoms with E-state index >= 15 is 0 Å². The predicted molar refractivity (Wildman–Crippen MR) is 158 cm³/mol. The van der Waals surface area contributed by atoms with Gasteiger partial charge in [0.1, 0.15) is 6.04 Å². The van der Waals surface area contributed by atoms with E-state index in [9.17, 15) is 19.2 Å². The van der Waals surface area contributed by atoms with Gasteiger partial charge in [0.25, 0.3) is 17.7 Å². The Hall–Kier alpha value is -4.26. The molecule has 42 heavy (non-hydrogen) atoms. The van der Waals surface area contributed by atoms with Crippen LogP contribution in [0.1, 0.15) is 61.7 Å². The molecule has 4 aromatic carbocycles. The van der Waals surface area contributed by atoms with Crippen LogP contribution in [-0.4, -0.2) is 39.6 Å². The molecule has 2 bridgehead atoms. The lowest BCUT2D eigenvalue weighted by atomic mass is 9.55. The second kappa shape index (κ2) is 9.93. The fourth-order valence-electron chi connectivity index (χ4n) is 7.04. The number of hydrogen-bond acceptors (Lipinski definition) is 4. The zero-order valence-corrected chi connectivity index (χ0v) is 23.9. The van der Waals surface area contributed by atoms with Gasteiger partial charge in [-0.25, -0.2) is 5.01 Å². The Morgan fingerprint density at radius 3 is 1.62 bits per heavy atom. The second-order valence-electron chi connectivity index (χ2n) is 10.9. The van der Waals surface area contributed by atoms with Gasteiger partial charge in [-0.05, 0) is 65.6 Å². The summed E-state index contributed by atoms with van der Waals surface area (Å²) in [6, 6.07) is 27.3. The Morgan fingerprint density at radius 1 is 0.690 bits per heavy atom. The SMILES string of the molecule is C[C@H](C(=O)c1ccc(Cl)cc1)N(C(=O)c1ccccc1Cl)N1C(=O)[C@@H]2C3c4ccccc4C(c4ccccc43)[C@@H]2C1=O. The lowest BCUT2D eigenvalue weighted by Gasteiger charge is -2.45. The third-order valence-corrected chi connectivity index (χ3v) is 9.41. The van der Waals surface area contributed by atoms with E-state index in [-0.39, 0.29) is 22.4 Å². The largest absolute Gasteiger partial charge is 0.292 e. The first-order valence-electron chi connectivity index (χ1n) is 13.7. The molecule has 1 aliphatic heterocycles. The van der Waals surface area contributed by atoms with Crippen molar-refractivity contribution < 1.29 is 19.2 Å². The number of carbonyl (C=O) groups is 4. The lowest BCUT2D eigenvalue weighted by Crippen LogP contribution is -2.56. The van der Waals surface area contributed by atoms with Gasteiger partial charge in [-0.1, -0.05) is 83.9 Å². The molecule has 0 spiro atoms. The standard InChI is InChI=1S/C34H24Cl2N2O4/c1-18(31(39)19-14-16-20(35)17-15-19)37(32(40)25-12-6-7-13-26(25)36)38-33(41)29-27-21-8-2-3-9-22(21)28(30(29)34(38)42)24-11-5-4-10-23(24)27/h2-18,27-30H,1H3/t18-,27?,28?,29-,30+/m1/s1. The molecule has 1 heterocycles. The van der Waals surface area contributed by atoms with Gasteiger partial charge >= 0.3 is 0 Å². The van der Waals surface area contributed by atoms with E-state index in [1.165, 1.54) is 13.0 Å². The zero-order chi connectivity index (χ0) is 29.3. The highest BCUT2D eigenvalue weighted by Crippen LogP contribution is 2.61. The van der Waals surface area contributed by atoms with E-state index in [0.717, 1.165) is 32.3 Å². The normalized spacial score (nSPS) is 22.3. The molecule has 3 amide bonds. The predicted octanol–water partition coefficient (Wildman–Crippen LogP) is 6.51. The van der Waals surface area contributed by atoms with Gasteiger partial charge in [0, 0.05) is 22.4 Å². The monoisotopic (exact) mass is 594 g/mol. The van der Waals surface area contributed by atoms with Gasteiger partial charge in [-0.15, -0.1) is 0 Å². The Balaban J connectivity index is 1.36. The average molecular weight is 595 g/mol. The highest BCUT2D eigenvalue weighted by molar-refractivity contribution is 6.34. The molecule has 208 valence electrons. The number of ketones is 1. The summed E-state index contributed by atoms with van der Waals surface area (Å²) in [5.41, 5.74) is 4.43. The molecule has 4 aromatic rings. The summed E-state index contributed by atoms with van der Waals surface area (Å²) in [6.45, 7) is 1.52. The van der Waals surface area contributed by atoms with E-state index in [4.69, 9.17) is 23.2 Å². The summed E-state index contributed by atoms with van der Waals surface area (Å²) in [7, 11) is 0. The summed E-state index contributed by atoms with van der Waals surface area (Å²) in [5.74, 6) is -4.30. The molecule has 0 aromatic heterocycles. The first-order valence-corrected chi connectivity index (χ1v) is 14.5. The van der Waals surface area contributed by atoms with Crippen LogP contribution in [0.25, 0.3) is 0 Å². The molecule has 4 aliphatic rings. The summed E-state index contributed by atoms with van der Waals surface area (Å²) >= 11 is 12.5. The molecule has 3 aliphatic carbocycles. The van der Waals surface area contributed by atoms with Gasteiger partial charge in [0.2, 0.25) is 0 Å². The van der Waals surface area contributed by atoms with E-state index in [0.29, 0.717) is 10.6 Å². The third-order valence-electron chi connectivity index (χ3n) is 8.83. The maximum absolute atomic E-state index is 14.5. The molecular formula is C34H24Cl2N2O4. The van der Waals surface area contributed by atoms with E-state index < -0.39 is 41.4 Å². The number of imide groups is 1. The van der Waals surface area contributed by atoms with Crippen LogP contribution in [0.2, 0.25) is 10.0 Å². The molecule has 8 rings (SSSR count). The van der Waals surface area contributed by atoms with E-state index in [2.05, 4.69) is 0 Å². The van der Waals surface area contributed by atoms with Crippen molar-refractivity contribution in [1.82, 2.24) is 10.0 Å². The third kappa shape index (κ3) is 3.79. The van der Waals surface area contributed by atoms with Gasteiger partial charge in [0.15, 0.2) is 5.78 Å². The van der Waals surface area contributed by atoms with Crippen molar-refractivity contribution in [3.05, 3.63) is 140 Å². The molecule has 6 nitrogen and oxygen atoms in total. The number of hydrogen-bond donors (Lipinski definition) is 0. The highest BCUT2D eigenvalue weighted by Gasteiger charge is 2.63. The van der Waals surface area contributed by atoms with Crippen molar-refractivity contribution in [3.8, 4) is 0 Å². The van der Waals surface area contributed by atoms with Gasteiger partial charge in [0.05, 0.1) is 22.4 Å². The lowest BCUT2D eigenvalue weighted by molar-refractivity contribution is -0.156. The summed E-state index contributed by atoms with van der Waals surface area (Å²) < 4.78 is 0. The number of halogens is 2. The Morgan fingerprint density at radius 2 is 1.14 bits per heavy atom. The van der Waals surface area contributed by atoms with Crippen molar-refractivity contribution >= 4 is 46.7 Å². The van der Waals surface area contributed by atoms with Gasteiger partial charge in [-0.2, -0.15) is 5.01 Å². The molecule has 0 radical (unpaired) electrons. The maximum Gasteiger partial charge on any atom is 0.275 e. The number of carbonyl (C=O) groups excluding carboxylic acids is 4. The second-order valence-corrected chi connectivity index (χ2v) is 11.8. The fourth-order valence-corrected chi connectivity index (χ4v) is 7.38. The number of benzene rings is 4. The van der Waals surface area contributed by atoms with Crippen molar-refractivity contribution in [2.24, 2.45) is 11.8 Å². The van der Waals surface area contributed by atoms with Crippen LogP contribution in [0, 0.1) is 11.8 Å². The molecule has 0 unspecified atom stereocenters. The van der Waals surface area contributed by atoms with Crippen LogP contribution in [-0.2, 0) is 9.59 Å². The van der Waals surface area contributed by atoms with Crippen molar-refractivity contribution in [1.29, 1.82) is 0 Å². The number of Topliss-reactive ketones (excluding diaryl/α,β-unsaturated/α-hetero) is 1. The molecule has 1 saturated heterocycles. The van der Waals surface area contributed by atoms with Gasteiger partial charge in [-0.3, -0.25) is 19.2 Å². The summed E-state index contributed by atoms with van der Waals surface area (Å²) in [5, 5.41) is 2.54. The molecule has 0 N–H and O–H groups in total. The molecule has 1 fully saturated rings. The van der Waals surface area contributed by atoms with Crippen LogP contribution in [0.15, 0.2) is 97.1 Å². The fraction of sp³-hybridized carbons (Fsp3) is 0.176. The summed E-state index contributed by atoms with van der Waals surface area (Å²) in [6.07, 6.45) is 0. The highest BCUT2D eigenvalue weighted by atomic mass is 35.5. The Labute approximate surface area is 252 Å². The van der Waals surface area contributed by atoms with Crippen molar-refractivity contribution in [2.45, 2.75) is 24.8 Å². The van der Waals surface area contributed by atoms with Crippen molar-refractivity contribution in [3.63, 3.8) is 0 Å². The Bertz CT molecular complexity index is 1690. The van der Waals surface area contributed by atoms with E-state index in [1.54, 1.807) is 42.5 Å². The smallest absolute Gasteiger partial charge is 0.275 e. The number of amides is 3. The van der Waals surface area contributed by atoms with Crippen LogP contribution in [0.4, 0.5) is 0 Å². The van der Waals surface area contributed by atoms with Crippen LogP contribution in [0.5, 0.6) is 0 Å². The number of rotatable bonds is 5. The van der Waals surface area contributed by atoms with E-state index in [1.807, 2.05) is 48.5 Å². The molecule has 0 saturated carbocycles. The average Bonchev–Trinajstić information content (AvgIpc) is 3.27. The minimum Gasteiger partial charge on any atom is -0.292 e. The zero-order valence-electron chi connectivity index (χ0n) is 22.4.